The molecule has 0 saturated heterocycles. The Kier molecular flexibility index (Phi) is 6.24. The van der Waals surface area contributed by atoms with Crippen LogP contribution in [0.5, 0.6) is 0 Å². The summed E-state index contributed by atoms with van der Waals surface area (Å²) in [5, 5.41) is 12.4. The molecule has 0 aliphatic heterocycles. The van der Waals surface area contributed by atoms with Gasteiger partial charge in [-0.2, -0.15) is 0 Å². The molecule has 1 fully saturated rings. The van der Waals surface area contributed by atoms with E-state index in [1.807, 2.05) is 24.3 Å². The van der Waals surface area contributed by atoms with Crippen LogP contribution in [0.25, 0.3) is 0 Å². The normalized spacial score (nSPS) is 18.1. The molecule has 1 atom stereocenters. The highest BCUT2D eigenvalue weighted by atomic mass is 16.4. The van der Waals surface area contributed by atoms with Gasteiger partial charge in [-0.15, -0.1) is 0 Å². The second kappa shape index (κ2) is 8.18. The van der Waals surface area contributed by atoms with E-state index in [0.29, 0.717) is 6.04 Å². The molecule has 3 heteroatoms. The third-order valence-corrected chi connectivity index (χ3v) is 4.61. The number of carboxylic acid groups (broad SMARTS) is 1. The van der Waals surface area contributed by atoms with Gasteiger partial charge in [-0.25, -0.2) is 0 Å². The SMILES string of the molecule is C[C@@H](NCc1ccc(CC(=O)O)cc1)C1CCCCCC1. The maximum absolute atomic E-state index is 10.7. The molecular formula is C18H27NO2. The average molecular weight is 289 g/mol. The molecule has 116 valence electrons. The fourth-order valence-corrected chi connectivity index (χ4v) is 3.21. The minimum absolute atomic E-state index is 0.103. The summed E-state index contributed by atoms with van der Waals surface area (Å²) < 4.78 is 0. The van der Waals surface area contributed by atoms with Crippen molar-refractivity contribution < 1.29 is 9.90 Å². The first-order valence-electron chi connectivity index (χ1n) is 8.18. The number of carbonyl (C=O) groups is 1. The van der Waals surface area contributed by atoms with Gasteiger partial charge in [0.05, 0.1) is 6.42 Å². The van der Waals surface area contributed by atoms with Gasteiger partial charge in [-0.1, -0.05) is 49.9 Å². The Hall–Kier alpha value is -1.35. The second-order valence-corrected chi connectivity index (χ2v) is 6.31. The Bertz CT molecular complexity index is 433. The number of carboxylic acids is 1. The van der Waals surface area contributed by atoms with Gasteiger partial charge in [-0.3, -0.25) is 4.79 Å². The first-order valence-corrected chi connectivity index (χ1v) is 8.18. The van der Waals surface area contributed by atoms with Crippen LogP contribution in [0.15, 0.2) is 24.3 Å². The van der Waals surface area contributed by atoms with Crippen molar-refractivity contribution in [2.24, 2.45) is 5.92 Å². The molecule has 0 spiro atoms. The van der Waals surface area contributed by atoms with Crippen molar-refractivity contribution in [1.82, 2.24) is 5.32 Å². The summed E-state index contributed by atoms with van der Waals surface area (Å²) in [7, 11) is 0. The fraction of sp³-hybridized carbons (Fsp3) is 0.611. The predicted molar refractivity (Wildman–Crippen MR) is 85.3 cm³/mol. The van der Waals surface area contributed by atoms with Crippen LogP contribution in [0.1, 0.15) is 56.6 Å². The van der Waals surface area contributed by atoms with E-state index < -0.39 is 5.97 Å². The van der Waals surface area contributed by atoms with E-state index in [1.54, 1.807) is 0 Å². The minimum Gasteiger partial charge on any atom is -0.481 e. The lowest BCUT2D eigenvalue weighted by Gasteiger charge is -2.23. The molecule has 0 heterocycles. The molecule has 0 bridgehead atoms. The molecule has 1 saturated carbocycles. The lowest BCUT2D eigenvalue weighted by atomic mass is 9.93. The van der Waals surface area contributed by atoms with Gasteiger partial charge in [0.25, 0.3) is 0 Å². The minimum atomic E-state index is -0.775. The Morgan fingerprint density at radius 1 is 1.14 bits per heavy atom. The van der Waals surface area contributed by atoms with E-state index in [2.05, 4.69) is 12.2 Å². The zero-order chi connectivity index (χ0) is 15.1. The highest BCUT2D eigenvalue weighted by Crippen LogP contribution is 2.25. The maximum Gasteiger partial charge on any atom is 0.307 e. The van der Waals surface area contributed by atoms with Crippen LogP contribution in [0, 0.1) is 5.92 Å². The van der Waals surface area contributed by atoms with Crippen molar-refractivity contribution in [1.29, 1.82) is 0 Å². The molecule has 1 aliphatic carbocycles. The topological polar surface area (TPSA) is 49.3 Å². The molecule has 0 aromatic heterocycles. The van der Waals surface area contributed by atoms with E-state index >= 15 is 0 Å². The molecular weight excluding hydrogens is 262 g/mol. The highest BCUT2D eigenvalue weighted by molar-refractivity contribution is 5.70. The molecule has 2 rings (SSSR count). The lowest BCUT2D eigenvalue weighted by Crippen LogP contribution is -2.32. The van der Waals surface area contributed by atoms with Crippen LogP contribution in [-0.2, 0) is 17.8 Å². The third-order valence-electron chi connectivity index (χ3n) is 4.61. The Balaban J connectivity index is 1.80. The summed E-state index contributed by atoms with van der Waals surface area (Å²) >= 11 is 0. The van der Waals surface area contributed by atoms with Crippen LogP contribution < -0.4 is 5.32 Å². The number of nitrogens with one attached hydrogen (secondary N) is 1. The number of benzene rings is 1. The number of hydrogen-bond donors (Lipinski definition) is 2. The Morgan fingerprint density at radius 3 is 2.29 bits per heavy atom. The zero-order valence-corrected chi connectivity index (χ0v) is 13.0. The van der Waals surface area contributed by atoms with Gasteiger partial charge < -0.3 is 10.4 Å². The molecule has 1 aromatic carbocycles. The molecule has 2 N–H and O–H groups in total. The van der Waals surface area contributed by atoms with Crippen molar-refractivity contribution in [3.63, 3.8) is 0 Å². The summed E-state index contributed by atoms with van der Waals surface area (Å²) in [6.07, 6.45) is 8.35. The molecule has 21 heavy (non-hydrogen) atoms. The van der Waals surface area contributed by atoms with Gasteiger partial charge in [0.15, 0.2) is 0 Å². The quantitative estimate of drug-likeness (QED) is 0.784. The van der Waals surface area contributed by atoms with Crippen LogP contribution in [-0.4, -0.2) is 17.1 Å². The third kappa shape index (κ3) is 5.50. The average Bonchev–Trinajstić information content (AvgIpc) is 2.75. The van der Waals surface area contributed by atoms with Gasteiger partial charge in [0.2, 0.25) is 0 Å². The van der Waals surface area contributed by atoms with Crippen molar-refractivity contribution in [3.05, 3.63) is 35.4 Å². The van der Waals surface area contributed by atoms with E-state index in [9.17, 15) is 4.79 Å². The summed E-state index contributed by atoms with van der Waals surface area (Å²) in [5.74, 6) is 0.0293. The van der Waals surface area contributed by atoms with Crippen LogP contribution in [0.2, 0.25) is 0 Å². The first-order chi connectivity index (χ1) is 10.1. The first kappa shape index (κ1) is 16.0. The van der Waals surface area contributed by atoms with E-state index in [0.717, 1.165) is 18.0 Å². The molecule has 0 radical (unpaired) electrons. The van der Waals surface area contributed by atoms with Gasteiger partial charge in [-0.05, 0) is 36.8 Å². The number of hydrogen-bond acceptors (Lipinski definition) is 2. The number of aliphatic carboxylic acids is 1. The Labute approximate surface area is 127 Å². The van der Waals surface area contributed by atoms with E-state index in [-0.39, 0.29) is 6.42 Å². The highest BCUT2D eigenvalue weighted by Gasteiger charge is 2.18. The van der Waals surface area contributed by atoms with Crippen molar-refractivity contribution in [3.8, 4) is 0 Å². The number of rotatable bonds is 6. The van der Waals surface area contributed by atoms with Gasteiger partial charge >= 0.3 is 5.97 Å². The zero-order valence-electron chi connectivity index (χ0n) is 13.0. The molecule has 1 aliphatic rings. The van der Waals surface area contributed by atoms with Crippen molar-refractivity contribution in [2.45, 2.75) is 64.5 Å². The summed E-state index contributed by atoms with van der Waals surface area (Å²) in [4.78, 5) is 10.7. The van der Waals surface area contributed by atoms with Gasteiger partial charge in [0.1, 0.15) is 0 Å². The monoisotopic (exact) mass is 289 g/mol. The predicted octanol–water partition coefficient (Wildman–Crippen LogP) is 3.76. The van der Waals surface area contributed by atoms with Crippen molar-refractivity contribution >= 4 is 5.97 Å². The second-order valence-electron chi connectivity index (χ2n) is 6.31. The van der Waals surface area contributed by atoms with Crippen molar-refractivity contribution in [2.75, 3.05) is 0 Å². The standard InChI is InChI=1S/C18H27NO2/c1-14(17-6-4-2-3-5-7-17)19-13-16-10-8-15(9-11-16)12-18(20)21/h8-11,14,17,19H,2-7,12-13H2,1H3,(H,20,21)/t14-/m1/s1. The van der Waals surface area contributed by atoms with Gasteiger partial charge in [0, 0.05) is 12.6 Å². The molecule has 1 aromatic rings. The van der Waals surface area contributed by atoms with E-state index in [1.165, 1.54) is 44.1 Å². The Morgan fingerprint density at radius 2 is 1.71 bits per heavy atom. The summed E-state index contributed by atoms with van der Waals surface area (Å²) in [6, 6.07) is 8.46. The molecule has 0 amide bonds. The summed E-state index contributed by atoms with van der Waals surface area (Å²) in [6.45, 7) is 3.17. The molecule has 0 unspecified atom stereocenters. The van der Waals surface area contributed by atoms with Crippen LogP contribution >= 0.6 is 0 Å². The lowest BCUT2D eigenvalue weighted by molar-refractivity contribution is -0.136. The largest absolute Gasteiger partial charge is 0.481 e. The molecule has 3 nitrogen and oxygen atoms in total. The maximum atomic E-state index is 10.7. The smallest absolute Gasteiger partial charge is 0.307 e. The van der Waals surface area contributed by atoms with Crippen LogP contribution in [0.4, 0.5) is 0 Å². The summed E-state index contributed by atoms with van der Waals surface area (Å²) in [5.41, 5.74) is 2.09. The fourth-order valence-electron chi connectivity index (χ4n) is 3.21. The van der Waals surface area contributed by atoms with E-state index in [4.69, 9.17) is 5.11 Å². The van der Waals surface area contributed by atoms with Crippen LogP contribution in [0.3, 0.4) is 0 Å².